The van der Waals surface area contributed by atoms with Crippen molar-refractivity contribution in [2.75, 3.05) is 6.61 Å². The van der Waals surface area contributed by atoms with Crippen molar-refractivity contribution in [2.24, 2.45) is 0 Å². The third-order valence-electron chi connectivity index (χ3n) is 3.26. The van der Waals surface area contributed by atoms with Crippen LogP contribution in [0.2, 0.25) is 0 Å². The van der Waals surface area contributed by atoms with Crippen LogP contribution in [0.3, 0.4) is 0 Å². The number of nitrogens with zero attached hydrogens (tertiary/aromatic N) is 2. The Morgan fingerprint density at radius 1 is 1.44 bits per heavy atom. The van der Waals surface area contributed by atoms with E-state index < -0.39 is 0 Å². The number of halogens is 1. The number of ether oxygens (including phenoxy) is 1. The van der Waals surface area contributed by atoms with Gasteiger partial charge in [0.25, 0.3) is 0 Å². The van der Waals surface area contributed by atoms with Gasteiger partial charge < -0.3 is 9.26 Å². The molecule has 0 saturated carbocycles. The molecule has 0 radical (unpaired) electrons. The molecule has 1 saturated heterocycles. The normalized spacial score (nSPS) is 22.0. The summed E-state index contributed by atoms with van der Waals surface area (Å²) in [6.45, 7) is 2.98. The first-order chi connectivity index (χ1) is 8.79. The van der Waals surface area contributed by atoms with Gasteiger partial charge in [0.05, 0.1) is 11.5 Å². The zero-order chi connectivity index (χ0) is 12.8. The summed E-state index contributed by atoms with van der Waals surface area (Å²) in [6, 6.07) is 0. The van der Waals surface area contributed by atoms with Crippen LogP contribution >= 0.6 is 11.6 Å². The molecule has 5 heteroatoms. The maximum absolute atomic E-state index is 6.16. The second-order valence-electron chi connectivity index (χ2n) is 4.83. The van der Waals surface area contributed by atoms with Crippen molar-refractivity contribution >= 4 is 11.6 Å². The Labute approximate surface area is 113 Å². The van der Waals surface area contributed by atoms with Gasteiger partial charge in [-0.05, 0) is 32.1 Å². The van der Waals surface area contributed by atoms with Gasteiger partial charge in [-0.1, -0.05) is 18.5 Å². The van der Waals surface area contributed by atoms with Crippen molar-refractivity contribution in [2.45, 2.75) is 63.4 Å². The molecule has 102 valence electrons. The van der Waals surface area contributed by atoms with Crippen molar-refractivity contribution in [1.82, 2.24) is 10.1 Å². The predicted molar refractivity (Wildman–Crippen MR) is 69.7 cm³/mol. The molecule has 0 amide bonds. The minimum atomic E-state index is -0.126. The van der Waals surface area contributed by atoms with Crippen molar-refractivity contribution in [3.63, 3.8) is 0 Å². The molecule has 18 heavy (non-hydrogen) atoms. The van der Waals surface area contributed by atoms with Crippen LogP contribution in [0.5, 0.6) is 0 Å². The molecule has 0 N–H and O–H groups in total. The number of alkyl halides is 1. The molecule has 0 spiro atoms. The van der Waals surface area contributed by atoms with E-state index in [9.17, 15) is 0 Å². The average molecular weight is 273 g/mol. The number of aryl methyl sites for hydroxylation is 1. The van der Waals surface area contributed by atoms with E-state index in [1.54, 1.807) is 0 Å². The summed E-state index contributed by atoms with van der Waals surface area (Å²) in [5, 5.41) is 3.81. The van der Waals surface area contributed by atoms with Gasteiger partial charge >= 0.3 is 0 Å². The Morgan fingerprint density at radius 2 is 2.33 bits per heavy atom. The van der Waals surface area contributed by atoms with E-state index in [1.165, 1.54) is 12.8 Å². The maximum atomic E-state index is 6.16. The van der Waals surface area contributed by atoms with Gasteiger partial charge in [-0.25, -0.2) is 0 Å². The second kappa shape index (κ2) is 7.10. The molecular formula is C13H21ClN2O2. The summed E-state index contributed by atoms with van der Waals surface area (Å²) in [7, 11) is 0. The molecule has 2 rings (SSSR count). The molecule has 0 bridgehead atoms. The van der Waals surface area contributed by atoms with Crippen LogP contribution in [0.4, 0.5) is 0 Å². The van der Waals surface area contributed by atoms with Crippen LogP contribution in [-0.2, 0) is 11.2 Å². The Morgan fingerprint density at radius 3 is 3.06 bits per heavy atom. The minimum absolute atomic E-state index is 0.126. The van der Waals surface area contributed by atoms with Crippen LogP contribution in [0.15, 0.2) is 4.52 Å². The van der Waals surface area contributed by atoms with Gasteiger partial charge in [0.15, 0.2) is 5.82 Å². The van der Waals surface area contributed by atoms with Crippen LogP contribution in [0.25, 0.3) is 0 Å². The molecule has 1 aliphatic rings. The molecule has 2 atom stereocenters. The lowest BCUT2D eigenvalue weighted by Crippen LogP contribution is -2.19. The highest BCUT2D eigenvalue weighted by Gasteiger charge is 2.18. The van der Waals surface area contributed by atoms with Crippen LogP contribution < -0.4 is 0 Å². The second-order valence-corrected chi connectivity index (χ2v) is 5.36. The van der Waals surface area contributed by atoms with E-state index in [1.807, 2.05) is 0 Å². The highest BCUT2D eigenvalue weighted by Crippen LogP contribution is 2.23. The fourth-order valence-corrected chi connectivity index (χ4v) is 2.51. The summed E-state index contributed by atoms with van der Waals surface area (Å²) in [6.07, 6.45) is 7.61. The summed E-state index contributed by atoms with van der Waals surface area (Å²) >= 11 is 6.16. The number of rotatable bonds is 6. The topological polar surface area (TPSA) is 48.2 Å². The summed E-state index contributed by atoms with van der Waals surface area (Å²) in [5.74, 6) is 1.30. The molecule has 1 fully saturated rings. The van der Waals surface area contributed by atoms with Crippen LogP contribution in [0, 0.1) is 0 Å². The molecular weight excluding hydrogens is 252 g/mol. The van der Waals surface area contributed by atoms with Gasteiger partial charge in [-0.2, -0.15) is 4.98 Å². The predicted octanol–water partition coefficient (Wildman–Crippen LogP) is 3.65. The van der Waals surface area contributed by atoms with Crippen molar-refractivity contribution < 1.29 is 9.26 Å². The van der Waals surface area contributed by atoms with Crippen molar-refractivity contribution in [1.29, 1.82) is 0 Å². The lowest BCUT2D eigenvalue weighted by Gasteiger charge is -2.21. The average Bonchev–Trinajstić information content (AvgIpc) is 2.87. The van der Waals surface area contributed by atoms with Gasteiger partial charge in [-0.15, -0.1) is 11.6 Å². The number of hydrogen-bond acceptors (Lipinski definition) is 4. The van der Waals surface area contributed by atoms with E-state index in [0.29, 0.717) is 17.8 Å². The highest BCUT2D eigenvalue weighted by molar-refractivity contribution is 6.20. The zero-order valence-corrected chi connectivity index (χ0v) is 11.7. The monoisotopic (exact) mass is 272 g/mol. The summed E-state index contributed by atoms with van der Waals surface area (Å²) < 4.78 is 10.9. The van der Waals surface area contributed by atoms with Gasteiger partial charge in [-0.3, -0.25) is 0 Å². The van der Waals surface area contributed by atoms with Crippen LogP contribution in [0.1, 0.15) is 62.5 Å². The van der Waals surface area contributed by atoms with E-state index in [4.69, 9.17) is 20.9 Å². The SMILES string of the molecule is CCCC(Cl)c1noc(CCC2CCCCO2)n1. The molecule has 0 aliphatic carbocycles. The number of hydrogen-bond donors (Lipinski definition) is 0. The standard InChI is InChI=1S/C13H21ClN2O2/c1-2-5-11(14)13-15-12(18-16-13)8-7-10-6-3-4-9-17-10/h10-11H,2-9H2,1H3. The van der Waals surface area contributed by atoms with Gasteiger partial charge in [0.2, 0.25) is 5.89 Å². The lowest BCUT2D eigenvalue weighted by molar-refractivity contribution is 0.0104. The van der Waals surface area contributed by atoms with Crippen molar-refractivity contribution in [3.05, 3.63) is 11.7 Å². The largest absolute Gasteiger partial charge is 0.378 e. The quantitative estimate of drug-likeness (QED) is 0.742. The molecule has 2 unspecified atom stereocenters. The molecule has 1 aromatic rings. The van der Waals surface area contributed by atoms with E-state index in [0.717, 1.165) is 38.7 Å². The number of aromatic nitrogens is 2. The zero-order valence-electron chi connectivity index (χ0n) is 10.9. The highest BCUT2D eigenvalue weighted by atomic mass is 35.5. The Balaban J connectivity index is 1.79. The molecule has 4 nitrogen and oxygen atoms in total. The molecule has 2 heterocycles. The minimum Gasteiger partial charge on any atom is -0.378 e. The molecule has 0 aromatic carbocycles. The third kappa shape index (κ3) is 3.95. The maximum Gasteiger partial charge on any atom is 0.226 e. The first-order valence-electron chi connectivity index (χ1n) is 6.87. The fourth-order valence-electron chi connectivity index (χ4n) is 2.20. The van der Waals surface area contributed by atoms with E-state index >= 15 is 0 Å². The Kier molecular flexibility index (Phi) is 5.45. The van der Waals surface area contributed by atoms with Gasteiger partial charge in [0, 0.05) is 13.0 Å². The van der Waals surface area contributed by atoms with E-state index in [-0.39, 0.29) is 5.38 Å². The Bertz CT molecular complexity index is 351. The van der Waals surface area contributed by atoms with E-state index in [2.05, 4.69) is 17.1 Å². The first kappa shape index (κ1) is 13.8. The summed E-state index contributed by atoms with van der Waals surface area (Å²) in [5.41, 5.74) is 0. The van der Waals surface area contributed by atoms with Crippen LogP contribution in [-0.4, -0.2) is 22.9 Å². The van der Waals surface area contributed by atoms with Gasteiger partial charge in [0.1, 0.15) is 0 Å². The van der Waals surface area contributed by atoms with Crippen molar-refractivity contribution in [3.8, 4) is 0 Å². The molecule has 1 aliphatic heterocycles. The lowest BCUT2D eigenvalue weighted by atomic mass is 10.0. The third-order valence-corrected chi connectivity index (χ3v) is 3.67. The smallest absolute Gasteiger partial charge is 0.226 e. The summed E-state index contributed by atoms with van der Waals surface area (Å²) in [4.78, 5) is 4.35. The molecule has 1 aromatic heterocycles. The Hall–Kier alpha value is -0.610. The fraction of sp³-hybridized carbons (Fsp3) is 0.846. The first-order valence-corrected chi connectivity index (χ1v) is 7.31.